The molecule has 0 aliphatic rings. The number of hydrogen-bond donors (Lipinski definition) is 1. The Labute approximate surface area is 188 Å². The summed E-state index contributed by atoms with van der Waals surface area (Å²) in [5.41, 5.74) is 9.06. The number of benzene rings is 1. The molecule has 0 saturated heterocycles. The molecule has 1 atom stereocenters. The minimum absolute atomic E-state index is 0.139. The number of aromatic nitrogens is 6. The van der Waals surface area contributed by atoms with Gasteiger partial charge in [0, 0.05) is 5.56 Å². The van der Waals surface area contributed by atoms with Crippen molar-refractivity contribution < 1.29 is 0 Å². The molecule has 3 aromatic heterocycles. The number of fused-ring (bicyclic) bond motifs is 1. The quantitative estimate of drug-likeness (QED) is 0.516. The molecule has 4 rings (SSSR count). The van der Waals surface area contributed by atoms with Gasteiger partial charge in [-0.15, -0.1) is 0 Å². The van der Waals surface area contributed by atoms with Crippen LogP contribution in [-0.4, -0.2) is 29.5 Å². The Balaban J connectivity index is 0.00000141. The monoisotopic (exact) mass is 433 g/mol. The van der Waals surface area contributed by atoms with Crippen molar-refractivity contribution >= 4 is 16.9 Å². The fraction of sp³-hybridized carbons (Fsp3) is 0.375. The van der Waals surface area contributed by atoms with Crippen molar-refractivity contribution in [3.8, 4) is 11.1 Å². The van der Waals surface area contributed by atoms with E-state index in [1.165, 1.54) is 11.0 Å². The van der Waals surface area contributed by atoms with Gasteiger partial charge in [0.2, 0.25) is 0 Å². The van der Waals surface area contributed by atoms with E-state index >= 15 is 0 Å². The molecule has 0 aliphatic carbocycles. The molecule has 0 radical (unpaired) electrons. The third-order valence-corrected chi connectivity index (χ3v) is 5.22. The molecule has 1 aromatic carbocycles. The van der Waals surface area contributed by atoms with Crippen LogP contribution in [-0.2, 0) is 5.54 Å². The number of nitrogens with zero attached hydrogens (tertiary/aromatic N) is 6. The highest BCUT2D eigenvalue weighted by Crippen LogP contribution is 2.31. The van der Waals surface area contributed by atoms with Crippen molar-refractivity contribution in [2.24, 2.45) is 0 Å². The van der Waals surface area contributed by atoms with E-state index in [1.54, 1.807) is 10.9 Å². The molecule has 1 unspecified atom stereocenters. The molecule has 0 amide bonds. The van der Waals surface area contributed by atoms with Crippen molar-refractivity contribution in [3.05, 3.63) is 64.5 Å². The Morgan fingerprint density at radius 1 is 1.06 bits per heavy atom. The number of aryl methyl sites for hydroxylation is 1. The summed E-state index contributed by atoms with van der Waals surface area (Å²) in [5.74, 6) is 0.389. The van der Waals surface area contributed by atoms with Crippen LogP contribution in [0.3, 0.4) is 0 Å². The summed E-state index contributed by atoms with van der Waals surface area (Å²) in [6.07, 6.45) is 3.18. The Kier molecular flexibility index (Phi) is 6.43. The van der Waals surface area contributed by atoms with Gasteiger partial charge in [0.1, 0.15) is 12.1 Å². The highest BCUT2D eigenvalue weighted by Gasteiger charge is 2.26. The molecule has 0 saturated carbocycles. The number of rotatable bonds is 3. The summed E-state index contributed by atoms with van der Waals surface area (Å²) in [6.45, 7) is 13.7. The molecular formula is C24H31N7O. The first-order chi connectivity index (χ1) is 15.2. The smallest absolute Gasteiger partial charge is 0.275 e. The van der Waals surface area contributed by atoms with Crippen molar-refractivity contribution in [1.29, 1.82) is 0 Å². The average molecular weight is 434 g/mol. The van der Waals surface area contributed by atoms with E-state index < -0.39 is 5.54 Å². The van der Waals surface area contributed by atoms with Crippen LogP contribution < -0.4 is 11.3 Å². The number of anilines is 1. The maximum absolute atomic E-state index is 13.5. The molecule has 32 heavy (non-hydrogen) atoms. The van der Waals surface area contributed by atoms with E-state index in [0.29, 0.717) is 17.0 Å². The van der Waals surface area contributed by atoms with Gasteiger partial charge in [0.15, 0.2) is 5.65 Å². The van der Waals surface area contributed by atoms with E-state index in [-0.39, 0.29) is 11.6 Å². The Morgan fingerprint density at radius 2 is 1.72 bits per heavy atom. The fourth-order valence-corrected chi connectivity index (χ4v) is 3.73. The highest BCUT2D eigenvalue weighted by atomic mass is 16.1. The zero-order valence-corrected chi connectivity index (χ0v) is 19.8. The first-order valence-electron chi connectivity index (χ1n) is 10.8. The van der Waals surface area contributed by atoms with Gasteiger partial charge >= 0.3 is 0 Å². The summed E-state index contributed by atoms with van der Waals surface area (Å²) >= 11 is 0. The molecule has 8 nitrogen and oxygen atoms in total. The Morgan fingerprint density at radius 3 is 2.34 bits per heavy atom. The molecule has 8 heteroatoms. The minimum atomic E-state index is -0.445. The van der Waals surface area contributed by atoms with Crippen molar-refractivity contribution in [3.63, 3.8) is 0 Å². The maximum Gasteiger partial charge on any atom is 0.275 e. The third-order valence-electron chi connectivity index (χ3n) is 5.22. The second-order valence-corrected chi connectivity index (χ2v) is 8.39. The highest BCUT2D eigenvalue weighted by molar-refractivity contribution is 5.88. The average Bonchev–Trinajstić information content (AvgIpc) is 3.12. The lowest BCUT2D eigenvalue weighted by molar-refractivity contribution is 0.337. The van der Waals surface area contributed by atoms with Crippen molar-refractivity contribution in [2.45, 2.75) is 60.0 Å². The molecule has 0 bridgehead atoms. The Bertz CT molecular complexity index is 1280. The first kappa shape index (κ1) is 23.1. The summed E-state index contributed by atoms with van der Waals surface area (Å²) in [5, 5.41) is 9.88. The predicted octanol–water partition coefficient (Wildman–Crippen LogP) is 4.33. The number of nitrogens with two attached hydrogens (primary N) is 1. The van der Waals surface area contributed by atoms with Gasteiger partial charge in [-0.05, 0) is 40.2 Å². The summed E-state index contributed by atoms with van der Waals surface area (Å²) in [6, 6.07) is 9.36. The number of nitrogen functional groups attached to an aromatic ring is 1. The molecular weight excluding hydrogens is 402 g/mol. The summed E-state index contributed by atoms with van der Waals surface area (Å²) in [4.78, 5) is 22.0. The largest absolute Gasteiger partial charge is 0.383 e. The van der Waals surface area contributed by atoms with Crippen LogP contribution >= 0.6 is 0 Å². The zero-order chi connectivity index (χ0) is 23.6. The lowest BCUT2D eigenvalue weighted by Crippen LogP contribution is -2.37. The van der Waals surface area contributed by atoms with Crippen molar-refractivity contribution in [2.75, 3.05) is 5.73 Å². The predicted molar refractivity (Wildman–Crippen MR) is 129 cm³/mol. The first-order valence-corrected chi connectivity index (χ1v) is 10.8. The van der Waals surface area contributed by atoms with E-state index in [0.717, 1.165) is 22.2 Å². The van der Waals surface area contributed by atoms with Gasteiger partial charge in [-0.1, -0.05) is 44.2 Å². The molecule has 3 heterocycles. The maximum atomic E-state index is 13.5. The third kappa shape index (κ3) is 4.00. The second kappa shape index (κ2) is 8.90. The minimum Gasteiger partial charge on any atom is -0.383 e. The normalized spacial score (nSPS) is 12.3. The van der Waals surface area contributed by atoms with Gasteiger partial charge < -0.3 is 5.73 Å². The second-order valence-electron chi connectivity index (χ2n) is 8.39. The van der Waals surface area contributed by atoms with E-state index in [1.807, 2.05) is 78.8 Å². The van der Waals surface area contributed by atoms with Crippen LogP contribution in [0.1, 0.15) is 58.8 Å². The zero-order valence-electron chi connectivity index (χ0n) is 19.8. The lowest BCUT2D eigenvalue weighted by Gasteiger charge is -2.24. The topological polar surface area (TPSA) is 105 Å². The summed E-state index contributed by atoms with van der Waals surface area (Å²) in [7, 11) is 0. The van der Waals surface area contributed by atoms with Crippen LogP contribution in [0.2, 0.25) is 0 Å². The van der Waals surface area contributed by atoms with Gasteiger partial charge in [-0.3, -0.25) is 4.79 Å². The summed E-state index contributed by atoms with van der Waals surface area (Å²) < 4.78 is 3.31. The molecule has 168 valence electrons. The molecule has 4 aromatic rings. The van der Waals surface area contributed by atoms with Crippen molar-refractivity contribution in [1.82, 2.24) is 29.5 Å². The van der Waals surface area contributed by atoms with Gasteiger partial charge in [0.05, 0.1) is 34.4 Å². The molecule has 2 N–H and O–H groups in total. The van der Waals surface area contributed by atoms with Crippen LogP contribution in [0.5, 0.6) is 0 Å². The standard InChI is InChI=1S/C22H25N7O.C2H6/c1-13-17-19(23)24-12-25-20(17)28(27-13)14(2)16-11-26-29(22(3,4)5)21(30)18(16)15-9-7-6-8-10-15;1-2/h6-12,14H,1-5H3,(H2,23,24,25);1-2H3. The molecule has 0 spiro atoms. The Hall–Kier alpha value is -3.55. The van der Waals surface area contributed by atoms with E-state index in [2.05, 4.69) is 20.2 Å². The lowest BCUT2D eigenvalue weighted by atomic mass is 9.97. The van der Waals surface area contributed by atoms with Crippen LogP contribution in [0.15, 0.2) is 47.7 Å². The van der Waals surface area contributed by atoms with E-state index in [4.69, 9.17) is 5.73 Å². The van der Waals surface area contributed by atoms with Gasteiger partial charge in [0.25, 0.3) is 5.56 Å². The number of hydrogen-bond acceptors (Lipinski definition) is 6. The van der Waals surface area contributed by atoms with E-state index in [9.17, 15) is 4.79 Å². The van der Waals surface area contributed by atoms with Crippen LogP contribution in [0, 0.1) is 6.92 Å². The SMILES string of the molecule is CC.Cc1nn(C(C)c2cnn(C(C)(C)C)c(=O)c2-c2ccccc2)c2ncnc(N)c12. The molecule has 0 aliphatic heterocycles. The molecule has 0 fully saturated rings. The van der Waals surface area contributed by atoms with Crippen LogP contribution in [0.25, 0.3) is 22.2 Å². The van der Waals surface area contributed by atoms with Crippen LogP contribution in [0.4, 0.5) is 5.82 Å². The van der Waals surface area contributed by atoms with Gasteiger partial charge in [-0.25, -0.2) is 19.3 Å². The van der Waals surface area contributed by atoms with Gasteiger partial charge in [-0.2, -0.15) is 10.2 Å². The fourth-order valence-electron chi connectivity index (χ4n) is 3.73.